The van der Waals surface area contributed by atoms with Crippen molar-refractivity contribution in [3.05, 3.63) is 48.2 Å². The van der Waals surface area contributed by atoms with Gasteiger partial charge >= 0.3 is 5.82 Å². The van der Waals surface area contributed by atoms with Gasteiger partial charge < -0.3 is 20.3 Å². The molecule has 0 aliphatic rings. The third-order valence-corrected chi connectivity index (χ3v) is 3.29. The lowest BCUT2D eigenvalue weighted by Gasteiger charge is -2.22. The standard InChI is InChI=1S/C16H21N4O3/c1-13-6-7-20(23)16(12-13)18-17-14-2-4-15(5-3-14)19(8-10-21)9-11-22/h2-7,12,21-23H,8-11H2,1H3/q+1. The molecule has 0 spiro atoms. The number of anilines is 1. The van der Waals surface area contributed by atoms with E-state index in [9.17, 15) is 5.21 Å². The number of hydrogen-bond donors (Lipinski definition) is 3. The number of aryl methyl sites for hydroxylation is 1. The van der Waals surface area contributed by atoms with E-state index in [1.165, 1.54) is 6.20 Å². The van der Waals surface area contributed by atoms with E-state index in [0.29, 0.717) is 24.6 Å². The zero-order valence-electron chi connectivity index (χ0n) is 13.0. The van der Waals surface area contributed by atoms with Gasteiger partial charge in [-0.1, -0.05) is 0 Å². The Labute approximate surface area is 134 Å². The molecule has 7 nitrogen and oxygen atoms in total. The lowest BCUT2D eigenvalue weighted by Crippen LogP contribution is -2.29. The van der Waals surface area contributed by atoms with Crippen molar-refractivity contribution in [3.8, 4) is 0 Å². The van der Waals surface area contributed by atoms with Crippen molar-refractivity contribution in [3.63, 3.8) is 0 Å². The van der Waals surface area contributed by atoms with Gasteiger partial charge in [-0.3, -0.25) is 0 Å². The molecule has 7 heteroatoms. The topological polar surface area (TPSA) is 92.5 Å². The quantitative estimate of drug-likeness (QED) is 0.412. The summed E-state index contributed by atoms with van der Waals surface area (Å²) in [5.74, 6) is 0.344. The predicted octanol–water partition coefficient (Wildman–Crippen LogP) is 1.73. The van der Waals surface area contributed by atoms with Crippen LogP contribution in [-0.4, -0.2) is 41.7 Å². The molecular weight excluding hydrogens is 296 g/mol. The van der Waals surface area contributed by atoms with Gasteiger partial charge in [0.15, 0.2) is 0 Å². The van der Waals surface area contributed by atoms with E-state index in [1.54, 1.807) is 24.3 Å². The Hall–Kier alpha value is -2.51. The minimum absolute atomic E-state index is 0.0192. The molecule has 3 N–H and O–H groups in total. The maximum atomic E-state index is 9.66. The van der Waals surface area contributed by atoms with Crippen LogP contribution in [-0.2, 0) is 0 Å². The normalized spacial score (nSPS) is 11.1. The first-order valence-corrected chi connectivity index (χ1v) is 7.34. The van der Waals surface area contributed by atoms with Crippen molar-refractivity contribution in [2.75, 3.05) is 31.2 Å². The monoisotopic (exact) mass is 317 g/mol. The molecule has 1 aromatic heterocycles. The molecule has 0 amide bonds. The van der Waals surface area contributed by atoms with E-state index < -0.39 is 0 Å². The molecule has 2 rings (SSSR count). The van der Waals surface area contributed by atoms with Gasteiger partial charge in [-0.05, 0) is 52.7 Å². The second-order valence-electron chi connectivity index (χ2n) is 5.06. The summed E-state index contributed by atoms with van der Waals surface area (Å²) in [5, 5.41) is 35.9. The molecule has 1 aromatic carbocycles. The number of nitrogens with zero attached hydrogens (tertiary/aromatic N) is 4. The second kappa shape index (κ2) is 8.21. The van der Waals surface area contributed by atoms with E-state index in [4.69, 9.17) is 10.2 Å². The summed E-state index contributed by atoms with van der Waals surface area (Å²) in [4.78, 5) is 1.88. The zero-order valence-corrected chi connectivity index (χ0v) is 13.0. The van der Waals surface area contributed by atoms with Crippen molar-refractivity contribution < 1.29 is 20.2 Å². The lowest BCUT2D eigenvalue weighted by molar-refractivity contribution is -0.894. The Morgan fingerprint density at radius 2 is 1.65 bits per heavy atom. The molecule has 0 atom stereocenters. The highest BCUT2D eigenvalue weighted by atomic mass is 16.5. The number of pyridine rings is 1. The Balaban J connectivity index is 2.12. The van der Waals surface area contributed by atoms with Gasteiger partial charge in [0, 0.05) is 24.8 Å². The van der Waals surface area contributed by atoms with Crippen molar-refractivity contribution in [2.45, 2.75) is 6.92 Å². The smallest absolute Gasteiger partial charge is 0.388 e. The molecule has 0 aliphatic heterocycles. The fourth-order valence-corrected chi connectivity index (χ4v) is 2.11. The summed E-state index contributed by atoms with van der Waals surface area (Å²) in [5.41, 5.74) is 2.51. The van der Waals surface area contributed by atoms with Crippen LogP contribution in [0.4, 0.5) is 17.2 Å². The van der Waals surface area contributed by atoms with Crippen LogP contribution in [0.5, 0.6) is 0 Å². The number of benzene rings is 1. The zero-order chi connectivity index (χ0) is 16.7. The van der Waals surface area contributed by atoms with Crippen LogP contribution < -0.4 is 9.63 Å². The summed E-state index contributed by atoms with van der Waals surface area (Å²) >= 11 is 0. The first-order valence-electron chi connectivity index (χ1n) is 7.34. The highest BCUT2D eigenvalue weighted by Gasteiger charge is 2.09. The third-order valence-electron chi connectivity index (χ3n) is 3.29. The van der Waals surface area contributed by atoms with Crippen LogP contribution in [0.3, 0.4) is 0 Å². The summed E-state index contributed by atoms with van der Waals surface area (Å²) in [6, 6.07) is 10.8. The molecule has 0 saturated heterocycles. The summed E-state index contributed by atoms with van der Waals surface area (Å²) < 4.78 is 0.912. The Bertz CT molecular complexity index is 653. The largest absolute Gasteiger partial charge is 0.395 e. The van der Waals surface area contributed by atoms with Gasteiger partial charge in [0.25, 0.3) is 0 Å². The van der Waals surface area contributed by atoms with Gasteiger partial charge in [-0.25, -0.2) is 0 Å². The fourth-order valence-electron chi connectivity index (χ4n) is 2.11. The molecule has 0 radical (unpaired) electrons. The van der Waals surface area contributed by atoms with Gasteiger partial charge in [0.05, 0.1) is 18.3 Å². The van der Waals surface area contributed by atoms with Crippen molar-refractivity contribution >= 4 is 17.2 Å². The summed E-state index contributed by atoms with van der Waals surface area (Å²) in [6.07, 6.45) is 1.51. The number of azo groups is 1. The van der Waals surface area contributed by atoms with Crippen molar-refractivity contribution in [2.24, 2.45) is 10.2 Å². The van der Waals surface area contributed by atoms with Crippen LogP contribution >= 0.6 is 0 Å². The molecule has 1 heterocycles. The van der Waals surface area contributed by atoms with Crippen LogP contribution in [0.1, 0.15) is 5.56 Å². The van der Waals surface area contributed by atoms with E-state index in [1.807, 2.05) is 24.0 Å². The third kappa shape index (κ3) is 4.73. The maximum absolute atomic E-state index is 9.66. The van der Waals surface area contributed by atoms with Crippen LogP contribution in [0.25, 0.3) is 0 Å². The number of aliphatic hydroxyl groups is 2. The second-order valence-corrected chi connectivity index (χ2v) is 5.06. The number of aromatic nitrogens is 1. The van der Waals surface area contributed by atoms with E-state index in [2.05, 4.69) is 10.2 Å². The number of aliphatic hydroxyl groups excluding tert-OH is 2. The van der Waals surface area contributed by atoms with Crippen molar-refractivity contribution in [1.29, 1.82) is 0 Å². The van der Waals surface area contributed by atoms with Crippen LogP contribution in [0, 0.1) is 6.92 Å². The van der Waals surface area contributed by atoms with Gasteiger partial charge in [0.1, 0.15) is 11.9 Å². The van der Waals surface area contributed by atoms with Gasteiger partial charge in [-0.2, -0.15) is 0 Å². The molecule has 0 fully saturated rings. The lowest BCUT2D eigenvalue weighted by atomic mass is 10.2. The first kappa shape index (κ1) is 16.9. The number of rotatable bonds is 7. The Morgan fingerprint density at radius 3 is 2.26 bits per heavy atom. The molecule has 23 heavy (non-hydrogen) atoms. The summed E-state index contributed by atoms with van der Waals surface area (Å²) in [6.45, 7) is 2.85. The SMILES string of the molecule is Cc1cc[n+](O)c(N=Nc2ccc(N(CCO)CCO)cc2)c1. The van der Waals surface area contributed by atoms with Crippen LogP contribution in [0.15, 0.2) is 52.8 Å². The van der Waals surface area contributed by atoms with E-state index in [0.717, 1.165) is 16.0 Å². The van der Waals surface area contributed by atoms with Gasteiger partial charge in [0.2, 0.25) is 0 Å². The molecule has 0 bridgehead atoms. The van der Waals surface area contributed by atoms with E-state index >= 15 is 0 Å². The fraction of sp³-hybridized carbons (Fsp3) is 0.312. The number of hydrogen-bond acceptors (Lipinski definition) is 6. The molecular formula is C16H21N4O3+. The minimum Gasteiger partial charge on any atom is -0.395 e. The predicted molar refractivity (Wildman–Crippen MR) is 85.6 cm³/mol. The maximum Gasteiger partial charge on any atom is 0.388 e. The van der Waals surface area contributed by atoms with E-state index in [-0.39, 0.29) is 13.2 Å². The van der Waals surface area contributed by atoms with Crippen molar-refractivity contribution in [1.82, 2.24) is 0 Å². The molecule has 0 aliphatic carbocycles. The first-order chi connectivity index (χ1) is 11.1. The molecule has 0 unspecified atom stereocenters. The molecule has 0 saturated carbocycles. The average Bonchev–Trinajstić information content (AvgIpc) is 2.56. The molecule has 2 aromatic rings. The van der Waals surface area contributed by atoms with Crippen LogP contribution in [0.2, 0.25) is 0 Å². The molecule has 122 valence electrons. The summed E-state index contributed by atoms with van der Waals surface area (Å²) in [7, 11) is 0. The van der Waals surface area contributed by atoms with Gasteiger partial charge in [-0.15, -0.1) is 0 Å². The Morgan fingerprint density at radius 1 is 1.00 bits per heavy atom. The highest BCUT2D eigenvalue weighted by Crippen LogP contribution is 2.21. The highest BCUT2D eigenvalue weighted by molar-refractivity contribution is 5.52. The average molecular weight is 317 g/mol. The Kier molecular flexibility index (Phi) is 6.02. The minimum atomic E-state index is 0.0192.